The molecule has 6 heteroatoms. The molecule has 1 aromatic carbocycles. The first kappa shape index (κ1) is 13.0. The van der Waals surface area contributed by atoms with Crippen LogP contribution in [0.4, 0.5) is 13.2 Å². The summed E-state index contributed by atoms with van der Waals surface area (Å²) < 4.78 is 42.6. The highest BCUT2D eigenvalue weighted by atomic mass is 79.9. The molecule has 1 aromatic rings. The minimum Gasteiger partial charge on any atom is -0.448 e. The summed E-state index contributed by atoms with van der Waals surface area (Å²) in [5, 5.41) is 0. The van der Waals surface area contributed by atoms with Crippen LogP contribution in [-0.4, -0.2) is 12.1 Å². The standard InChI is InChI=1S/C10H8BrF3O2/c1-6(15)16-9(10(12,13)14)7-3-2-4-8(11)5-7/h2-5,9H,1H3/t9-/m0/s1. The van der Waals surface area contributed by atoms with Crippen molar-refractivity contribution in [3.8, 4) is 0 Å². The Balaban J connectivity index is 3.06. The van der Waals surface area contributed by atoms with E-state index in [1.807, 2.05) is 0 Å². The molecule has 0 aliphatic rings. The van der Waals surface area contributed by atoms with Gasteiger partial charge in [-0.1, -0.05) is 28.1 Å². The highest BCUT2D eigenvalue weighted by Gasteiger charge is 2.43. The second kappa shape index (κ2) is 4.86. The number of benzene rings is 1. The molecule has 0 N–H and O–H groups in total. The van der Waals surface area contributed by atoms with Gasteiger partial charge in [-0.2, -0.15) is 13.2 Å². The van der Waals surface area contributed by atoms with Crippen LogP contribution in [0.1, 0.15) is 18.6 Å². The van der Waals surface area contributed by atoms with Crippen LogP contribution in [0.3, 0.4) is 0 Å². The SMILES string of the molecule is CC(=O)O[C@@H](c1cccc(Br)c1)C(F)(F)F. The molecule has 1 rings (SSSR count). The van der Waals surface area contributed by atoms with Gasteiger partial charge in [0, 0.05) is 17.0 Å². The summed E-state index contributed by atoms with van der Waals surface area (Å²) in [5.74, 6) is -0.970. The molecule has 0 bridgehead atoms. The summed E-state index contributed by atoms with van der Waals surface area (Å²) in [6.07, 6.45) is -6.84. The Morgan fingerprint density at radius 1 is 1.44 bits per heavy atom. The highest BCUT2D eigenvalue weighted by molar-refractivity contribution is 9.10. The number of carbonyl (C=O) groups excluding carboxylic acids is 1. The number of hydrogen-bond acceptors (Lipinski definition) is 2. The average Bonchev–Trinajstić information content (AvgIpc) is 2.12. The van der Waals surface area contributed by atoms with Crippen LogP contribution < -0.4 is 0 Å². The van der Waals surface area contributed by atoms with Crippen LogP contribution in [0.15, 0.2) is 28.7 Å². The largest absolute Gasteiger partial charge is 0.448 e. The Hall–Kier alpha value is -1.04. The van der Waals surface area contributed by atoms with E-state index in [9.17, 15) is 18.0 Å². The van der Waals surface area contributed by atoms with Crippen molar-refractivity contribution in [2.75, 3.05) is 0 Å². The summed E-state index contributed by atoms with van der Waals surface area (Å²) in [6.45, 7) is 0.941. The lowest BCUT2D eigenvalue weighted by molar-refractivity contribution is -0.223. The minimum absolute atomic E-state index is 0.114. The molecule has 0 amide bonds. The molecule has 2 nitrogen and oxygen atoms in total. The van der Waals surface area contributed by atoms with E-state index < -0.39 is 18.2 Å². The van der Waals surface area contributed by atoms with E-state index in [-0.39, 0.29) is 5.56 Å². The van der Waals surface area contributed by atoms with Gasteiger partial charge in [-0.3, -0.25) is 4.79 Å². The van der Waals surface area contributed by atoms with Gasteiger partial charge >= 0.3 is 12.1 Å². The third-order valence-electron chi connectivity index (χ3n) is 1.73. The van der Waals surface area contributed by atoms with Crippen LogP contribution in [0.5, 0.6) is 0 Å². The molecule has 16 heavy (non-hydrogen) atoms. The Morgan fingerprint density at radius 3 is 2.50 bits per heavy atom. The van der Waals surface area contributed by atoms with Crippen LogP contribution >= 0.6 is 15.9 Å². The molecule has 0 saturated heterocycles. The maximum atomic E-state index is 12.6. The van der Waals surface area contributed by atoms with Gasteiger partial charge in [-0.25, -0.2) is 0 Å². The molecule has 88 valence electrons. The predicted molar refractivity (Wildman–Crippen MR) is 54.7 cm³/mol. The maximum absolute atomic E-state index is 12.6. The Bertz CT molecular complexity index is 390. The molecule has 1 atom stereocenters. The molecule has 0 saturated carbocycles. The lowest BCUT2D eigenvalue weighted by Crippen LogP contribution is -2.25. The Labute approximate surface area is 98.5 Å². The predicted octanol–water partition coefficient (Wildman–Crippen LogP) is 3.62. The van der Waals surface area contributed by atoms with Crippen molar-refractivity contribution in [2.24, 2.45) is 0 Å². The van der Waals surface area contributed by atoms with Crippen molar-refractivity contribution in [1.29, 1.82) is 0 Å². The van der Waals surface area contributed by atoms with E-state index >= 15 is 0 Å². The second-order valence-electron chi connectivity index (χ2n) is 3.09. The van der Waals surface area contributed by atoms with Crippen molar-refractivity contribution in [3.05, 3.63) is 34.3 Å². The summed E-state index contributed by atoms with van der Waals surface area (Å²) in [7, 11) is 0. The minimum atomic E-state index is -4.62. The first-order chi connectivity index (χ1) is 7.30. The van der Waals surface area contributed by atoms with Crippen molar-refractivity contribution in [2.45, 2.75) is 19.2 Å². The third-order valence-corrected chi connectivity index (χ3v) is 2.23. The molecule has 0 unspecified atom stereocenters. The van der Waals surface area contributed by atoms with Crippen molar-refractivity contribution >= 4 is 21.9 Å². The van der Waals surface area contributed by atoms with Crippen molar-refractivity contribution in [3.63, 3.8) is 0 Å². The van der Waals surface area contributed by atoms with E-state index in [1.165, 1.54) is 18.2 Å². The zero-order valence-corrected chi connectivity index (χ0v) is 9.80. The molecule has 0 aliphatic heterocycles. The van der Waals surface area contributed by atoms with E-state index in [1.54, 1.807) is 6.07 Å². The number of carbonyl (C=O) groups is 1. The normalized spacial score (nSPS) is 13.3. The van der Waals surface area contributed by atoms with Gasteiger partial charge < -0.3 is 4.74 Å². The summed E-state index contributed by atoms with van der Waals surface area (Å²) >= 11 is 3.06. The topological polar surface area (TPSA) is 26.3 Å². The molecule has 0 aromatic heterocycles. The molecule has 0 radical (unpaired) electrons. The number of esters is 1. The highest BCUT2D eigenvalue weighted by Crippen LogP contribution is 2.36. The first-order valence-corrected chi connectivity index (χ1v) is 5.09. The van der Waals surface area contributed by atoms with Crippen LogP contribution in [-0.2, 0) is 9.53 Å². The zero-order valence-electron chi connectivity index (χ0n) is 8.22. The summed E-state index contributed by atoms with van der Waals surface area (Å²) in [4.78, 5) is 10.6. The van der Waals surface area contributed by atoms with E-state index in [0.29, 0.717) is 4.47 Å². The summed E-state index contributed by atoms with van der Waals surface area (Å²) in [5.41, 5.74) is -0.114. The maximum Gasteiger partial charge on any atom is 0.429 e. The van der Waals surface area contributed by atoms with Gasteiger partial charge in [0.1, 0.15) is 0 Å². The van der Waals surface area contributed by atoms with Gasteiger partial charge in [0.25, 0.3) is 0 Å². The van der Waals surface area contributed by atoms with Gasteiger partial charge in [-0.15, -0.1) is 0 Å². The van der Waals surface area contributed by atoms with Gasteiger partial charge in [0.15, 0.2) is 0 Å². The summed E-state index contributed by atoms with van der Waals surface area (Å²) in [6, 6.07) is 5.55. The monoisotopic (exact) mass is 296 g/mol. The van der Waals surface area contributed by atoms with Crippen LogP contribution in [0.2, 0.25) is 0 Å². The van der Waals surface area contributed by atoms with Crippen molar-refractivity contribution in [1.82, 2.24) is 0 Å². The molecule has 0 spiro atoms. The molecule has 0 fully saturated rings. The fourth-order valence-corrected chi connectivity index (χ4v) is 1.58. The van der Waals surface area contributed by atoms with E-state index in [2.05, 4.69) is 20.7 Å². The molecular formula is C10H8BrF3O2. The number of rotatable bonds is 2. The number of halogens is 4. The first-order valence-electron chi connectivity index (χ1n) is 4.30. The zero-order chi connectivity index (χ0) is 12.3. The van der Waals surface area contributed by atoms with E-state index in [0.717, 1.165) is 6.92 Å². The van der Waals surface area contributed by atoms with E-state index in [4.69, 9.17) is 0 Å². The van der Waals surface area contributed by atoms with Gasteiger partial charge in [-0.05, 0) is 12.1 Å². The molecule has 0 aliphatic carbocycles. The number of hydrogen-bond donors (Lipinski definition) is 0. The average molecular weight is 297 g/mol. The molecule has 0 heterocycles. The fraction of sp³-hybridized carbons (Fsp3) is 0.300. The number of alkyl halides is 3. The van der Waals surface area contributed by atoms with Crippen LogP contribution in [0.25, 0.3) is 0 Å². The lowest BCUT2D eigenvalue weighted by atomic mass is 10.1. The third kappa shape index (κ3) is 3.52. The Morgan fingerprint density at radius 2 is 2.06 bits per heavy atom. The van der Waals surface area contributed by atoms with Gasteiger partial charge in [0.05, 0.1) is 0 Å². The molecular weight excluding hydrogens is 289 g/mol. The number of ether oxygens (including phenoxy) is 1. The Kier molecular flexibility index (Phi) is 3.96. The smallest absolute Gasteiger partial charge is 0.429 e. The lowest BCUT2D eigenvalue weighted by Gasteiger charge is -2.20. The fourth-order valence-electron chi connectivity index (χ4n) is 1.16. The van der Waals surface area contributed by atoms with Crippen molar-refractivity contribution < 1.29 is 22.7 Å². The van der Waals surface area contributed by atoms with Gasteiger partial charge in [0.2, 0.25) is 6.10 Å². The second-order valence-corrected chi connectivity index (χ2v) is 4.00. The quantitative estimate of drug-likeness (QED) is 0.779. The van der Waals surface area contributed by atoms with Crippen LogP contribution in [0, 0.1) is 0 Å².